The summed E-state index contributed by atoms with van der Waals surface area (Å²) in [5.74, 6) is -0.610. The lowest BCUT2D eigenvalue weighted by Gasteiger charge is -2.34. The van der Waals surface area contributed by atoms with Crippen molar-refractivity contribution in [2.24, 2.45) is 5.73 Å². The Morgan fingerprint density at radius 3 is 2.38 bits per heavy atom. The van der Waals surface area contributed by atoms with E-state index in [1.54, 1.807) is 39.0 Å². The molecule has 4 amide bonds. The number of amides is 4. The molecule has 0 saturated heterocycles. The molecule has 12 heteroatoms. The fourth-order valence-electron chi connectivity index (χ4n) is 3.31. The molecule has 0 aliphatic rings. The first-order valence-electron chi connectivity index (χ1n) is 11.4. The molecule has 12 nitrogen and oxygen atoms in total. The monoisotopic (exact) mass is 518 g/mol. The van der Waals surface area contributed by atoms with Gasteiger partial charge in [-0.25, -0.2) is 4.79 Å². The lowest BCUT2D eigenvalue weighted by atomic mass is 9.97. The van der Waals surface area contributed by atoms with Crippen molar-refractivity contribution in [3.05, 3.63) is 35.4 Å². The van der Waals surface area contributed by atoms with Crippen molar-refractivity contribution in [3.8, 4) is 12.3 Å². The van der Waals surface area contributed by atoms with Gasteiger partial charge in [-0.3, -0.25) is 19.2 Å². The van der Waals surface area contributed by atoms with Gasteiger partial charge >= 0.3 is 12.1 Å². The predicted octanol–water partition coefficient (Wildman–Crippen LogP) is -0.0221. The molecule has 2 unspecified atom stereocenters. The maximum Gasteiger partial charge on any atom is 0.408 e. The molecule has 202 valence electrons. The SMILES string of the molecule is C#Cc1ccccc1C(C(=O)NCC(=O)OC)N(CCO)C(=O)C(CCC(N)=O)NC(=O)OC(C)(C)C. The molecule has 0 bridgehead atoms. The molecule has 1 rings (SSSR count). The third-order valence-corrected chi connectivity index (χ3v) is 4.90. The van der Waals surface area contributed by atoms with Gasteiger partial charge in [0.15, 0.2) is 0 Å². The fraction of sp³-hybridized carbons (Fsp3) is 0.480. The molecule has 0 spiro atoms. The zero-order chi connectivity index (χ0) is 28.2. The minimum atomic E-state index is -1.41. The summed E-state index contributed by atoms with van der Waals surface area (Å²) >= 11 is 0. The van der Waals surface area contributed by atoms with Gasteiger partial charge in [0.2, 0.25) is 17.7 Å². The van der Waals surface area contributed by atoms with Gasteiger partial charge in [0, 0.05) is 18.5 Å². The van der Waals surface area contributed by atoms with Crippen molar-refractivity contribution in [2.45, 2.75) is 51.3 Å². The van der Waals surface area contributed by atoms with Gasteiger partial charge in [-0.2, -0.15) is 0 Å². The number of esters is 1. The molecule has 0 radical (unpaired) electrons. The molecule has 1 aromatic rings. The Bertz CT molecular complexity index is 1030. The molecule has 0 aliphatic carbocycles. The highest BCUT2D eigenvalue weighted by atomic mass is 16.6. The lowest BCUT2D eigenvalue weighted by Crippen LogP contribution is -2.54. The quantitative estimate of drug-likeness (QED) is 0.220. The van der Waals surface area contributed by atoms with E-state index in [-0.39, 0.29) is 30.5 Å². The molecule has 0 aliphatic heterocycles. The van der Waals surface area contributed by atoms with E-state index in [9.17, 15) is 29.1 Å². The lowest BCUT2D eigenvalue weighted by molar-refractivity contribution is -0.145. The normalized spacial score (nSPS) is 12.3. The van der Waals surface area contributed by atoms with Crippen molar-refractivity contribution in [3.63, 3.8) is 0 Å². The maximum atomic E-state index is 13.7. The molecule has 5 N–H and O–H groups in total. The van der Waals surface area contributed by atoms with Gasteiger partial charge in [0.05, 0.1) is 13.7 Å². The van der Waals surface area contributed by atoms with Crippen molar-refractivity contribution >= 4 is 29.8 Å². The number of primary amides is 1. The summed E-state index contributed by atoms with van der Waals surface area (Å²) in [7, 11) is 1.15. The zero-order valence-electron chi connectivity index (χ0n) is 21.4. The van der Waals surface area contributed by atoms with Crippen LogP contribution in [-0.2, 0) is 28.7 Å². The highest BCUT2D eigenvalue weighted by Crippen LogP contribution is 2.26. The first kappa shape index (κ1) is 30.9. The summed E-state index contributed by atoms with van der Waals surface area (Å²) in [5, 5.41) is 14.6. The van der Waals surface area contributed by atoms with E-state index < -0.39 is 60.6 Å². The topological polar surface area (TPSA) is 177 Å². The van der Waals surface area contributed by atoms with Crippen LogP contribution in [0.25, 0.3) is 0 Å². The first-order valence-corrected chi connectivity index (χ1v) is 11.4. The molecule has 0 fully saturated rings. The van der Waals surface area contributed by atoms with Crippen LogP contribution < -0.4 is 16.4 Å². The summed E-state index contributed by atoms with van der Waals surface area (Å²) in [6, 6.07) is 3.56. The van der Waals surface area contributed by atoms with Crippen molar-refractivity contribution in [1.29, 1.82) is 0 Å². The van der Waals surface area contributed by atoms with Gasteiger partial charge in [-0.1, -0.05) is 24.1 Å². The fourth-order valence-corrected chi connectivity index (χ4v) is 3.31. The third kappa shape index (κ3) is 10.2. The number of hydrogen-bond donors (Lipinski definition) is 4. The molecule has 1 aromatic carbocycles. The van der Waals surface area contributed by atoms with Crippen LogP contribution in [0.4, 0.5) is 4.79 Å². The van der Waals surface area contributed by atoms with Gasteiger partial charge in [0.25, 0.3) is 0 Å². The number of rotatable bonds is 12. The predicted molar refractivity (Wildman–Crippen MR) is 133 cm³/mol. The molecular weight excluding hydrogens is 484 g/mol. The number of carbonyl (C=O) groups excluding carboxylic acids is 5. The zero-order valence-corrected chi connectivity index (χ0v) is 21.4. The second-order valence-corrected chi connectivity index (χ2v) is 8.89. The number of aliphatic hydroxyl groups is 1. The molecule has 2 atom stereocenters. The maximum absolute atomic E-state index is 13.7. The Labute approximate surface area is 215 Å². The first-order chi connectivity index (χ1) is 17.3. The second kappa shape index (κ2) is 14.4. The van der Waals surface area contributed by atoms with Gasteiger partial charge < -0.3 is 35.8 Å². The average molecular weight is 519 g/mol. The van der Waals surface area contributed by atoms with Crippen LogP contribution in [-0.4, -0.2) is 78.2 Å². The Morgan fingerprint density at radius 1 is 1.19 bits per heavy atom. The Balaban J connectivity index is 3.52. The minimum absolute atomic E-state index is 0.206. The second-order valence-electron chi connectivity index (χ2n) is 8.89. The van der Waals surface area contributed by atoms with Gasteiger partial charge in [-0.15, -0.1) is 6.42 Å². The van der Waals surface area contributed by atoms with Crippen LogP contribution in [0.1, 0.15) is 50.8 Å². The molecule has 37 heavy (non-hydrogen) atoms. The van der Waals surface area contributed by atoms with E-state index in [0.29, 0.717) is 0 Å². The Hall–Kier alpha value is -4.11. The van der Waals surface area contributed by atoms with Crippen molar-refractivity contribution < 1.29 is 38.6 Å². The molecule has 0 aromatic heterocycles. The van der Waals surface area contributed by atoms with E-state index >= 15 is 0 Å². The number of carbonyl (C=O) groups is 5. The van der Waals surface area contributed by atoms with Crippen LogP contribution in [0.3, 0.4) is 0 Å². The van der Waals surface area contributed by atoms with Gasteiger partial charge in [-0.05, 0) is 38.8 Å². The average Bonchev–Trinajstić information content (AvgIpc) is 2.83. The third-order valence-electron chi connectivity index (χ3n) is 4.90. The minimum Gasteiger partial charge on any atom is -0.468 e. The molecular formula is C25H34N4O8. The Morgan fingerprint density at radius 2 is 1.84 bits per heavy atom. The van der Waals surface area contributed by atoms with Crippen molar-refractivity contribution in [2.75, 3.05) is 26.8 Å². The summed E-state index contributed by atoms with van der Waals surface area (Å²) in [6.07, 6.45) is 4.21. The molecule has 0 saturated carbocycles. The van der Waals surface area contributed by atoms with Crippen LogP contribution >= 0.6 is 0 Å². The summed E-state index contributed by atoms with van der Waals surface area (Å²) in [5.41, 5.74) is 4.89. The van der Waals surface area contributed by atoms with E-state index in [4.69, 9.17) is 16.9 Å². The summed E-state index contributed by atoms with van der Waals surface area (Å²) in [6.45, 7) is 3.49. The standard InChI is InChI=1S/C25H34N4O8/c1-6-16-9-7-8-10-17(16)21(22(33)27-15-20(32)36-5)29(13-14-30)23(34)18(11-12-19(26)31)28-24(35)37-25(2,3)4/h1,7-10,18,21,30H,11-15H2,2-5H3,(H2,26,31)(H,27,33)(H,28,35). The smallest absolute Gasteiger partial charge is 0.408 e. The number of terminal acetylenes is 1. The van der Waals surface area contributed by atoms with Crippen LogP contribution in [0, 0.1) is 12.3 Å². The highest BCUT2D eigenvalue weighted by Gasteiger charge is 2.37. The highest BCUT2D eigenvalue weighted by molar-refractivity contribution is 5.93. The van der Waals surface area contributed by atoms with E-state index in [0.717, 1.165) is 12.0 Å². The number of alkyl carbamates (subject to hydrolysis) is 1. The van der Waals surface area contributed by atoms with Crippen LogP contribution in [0.2, 0.25) is 0 Å². The molecule has 0 heterocycles. The number of aliphatic hydroxyl groups excluding tert-OH is 1. The number of hydrogen-bond acceptors (Lipinski definition) is 8. The van der Waals surface area contributed by atoms with E-state index in [1.807, 2.05) is 0 Å². The number of benzene rings is 1. The van der Waals surface area contributed by atoms with Crippen LogP contribution in [0.15, 0.2) is 24.3 Å². The number of methoxy groups -OCH3 is 1. The largest absolute Gasteiger partial charge is 0.468 e. The summed E-state index contributed by atoms with van der Waals surface area (Å²) < 4.78 is 9.78. The number of nitrogens with one attached hydrogen (secondary N) is 2. The number of nitrogens with zero attached hydrogens (tertiary/aromatic N) is 1. The van der Waals surface area contributed by atoms with E-state index in [1.165, 1.54) is 6.07 Å². The van der Waals surface area contributed by atoms with Gasteiger partial charge in [0.1, 0.15) is 24.2 Å². The van der Waals surface area contributed by atoms with Crippen molar-refractivity contribution in [1.82, 2.24) is 15.5 Å². The summed E-state index contributed by atoms with van der Waals surface area (Å²) in [4.78, 5) is 63.6. The van der Waals surface area contributed by atoms with Crippen LogP contribution in [0.5, 0.6) is 0 Å². The number of nitrogens with two attached hydrogens (primary N) is 1. The number of ether oxygens (including phenoxy) is 2. The Kier molecular flexibility index (Phi) is 12.1. The van der Waals surface area contributed by atoms with E-state index in [2.05, 4.69) is 21.3 Å².